The second-order valence-electron chi connectivity index (χ2n) is 7.26. The second-order valence-corrected chi connectivity index (χ2v) is 7.26. The summed E-state index contributed by atoms with van der Waals surface area (Å²) < 4.78 is 0. The Bertz CT molecular complexity index is 779. The van der Waals surface area contributed by atoms with Gasteiger partial charge in [0, 0.05) is 50.2 Å². The first-order valence-electron chi connectivity index (χ1n) is 9.77. The van der Waals surface area contributed by atoms with Gasteiger partial charge in [0.25, 0.3) is 5.91 Å². The molecule has 0 aliphatic carbocycles. The molecule has 6 nitrogen and oxygen atoms in total. The van der Waals surface area contributed by atoms with Gasteiger partial charge in [-0.2, -0.15) is 0 Å². The fraction of sp³-hybridized carbons (Fsp3) is 0.550. The Hall–Kier alpha value is -2.21. The Morgan fingerprint density at radius 2 is 1.81 bits per heavy atom. The van der Waals surface area contributed by atoms with Gasteiger partial charge < -0.3 is 9.80 Å². The quantitative estimate of drug-likeness (QED) is 0.845. The van der Waals surface area contributed by atoms with Gasteiger partial charge in [0.05, 0.1) is 5.52 Å². The number of hydrogen-bond acceptors (Lipinski definition) is 5. The van der Waals surface area contributed by atoms with E-state index in [1.807, 2.05) is 23.1 Å². The van der Waals surface area contributed by atoms with E-state index in [0.717, 1.165) is 74.5 Å². The van der Waals surface area contributed by atoms with Crippen LogP contribution in [0.5, 0.6) is 0 Å². The number of fused-ring (bicyclic) bond motifs is 1. The van der Waals surface area contributed by atoms with E-state index >= 15 is 0 Å². The molecule has 2 aliphatic heterocycles. The van der Waals surface area contributed by atoms with Crippen LogP contribution in [-0.2, 0) is 0 Å². The Labute approximate surface area is 154 Å². The van der Waals surface area contributed by atoms with Gasteiger partial charge in [-0.05, 0) is 44.0 Å². The highest BCUT2D eigenvalue weighted by molar-refractivity contribution is 6.00. The van der Waals surface area contributed by atoms with Gasteiger partial charge in [0.1, 0.15) is 12.1 Å². The zero-order valence-corrected chi connectivity index (χ0v) is 15.5. The van der Waals surface area contributed by atoms with Crippen molar-refractivity contribution in [1.82, 2.24) is 19.8 Å². The molecule has 0 bridgehead atoms. The number of nitrogens with zero attached hydrogens (tertiary/aromatic N) is 5. The molecule has 2 aromatic rings. The van der Waals surface area contributed by atoms with E-state index in [1.165, 1.54) is 12.8 Å². The summed E-state index contributed by atoms with van der Waals surface area (Å²) in [6, 6.07) is 5.85. The molecule has 4 rings (SSSR count). The Balaban J connectivity index is 1.57. The third-order valence-electron chi connectivity index (χ3n) is 5.47. The standard InChI is InChI=1S/C20H27N5O/c1-2-7-23-10-12-25(13-11-23)20(26)16-5-6-18-17(14-16)19(22-15-21-18)24-8-3-4-9-24/h5-6,14-15H,2-4,7-13H2,1H3. The number of rotatable bonds is 4. The maximum absolute atomic E-state index is 13.0. The SMILES string of the molecule is CCCN1CCN(C(=O)c2ccc3ncnc(N4CCCC4)c3c2)CC1. The van der Waals surface area contributed by atoms with Gasteiger partial charge in [-0.25, -0.2) is 9.97 Å². The first-order valence-corrected chi connectivity index (χ1v) is 9.77. The van der Waals surface area contributed by atoms with Crippen molar-refractivity contribution in [2.45, 2.75) is 26.2 Å². The van der Waals surface area contributed by atoms with Gasteiger partial charge in [0.2, 0.25) is 0 Å². The molecule has 0 N–H and O–H groups in total. The van der Waals surface area contributed by atoms with Crippen molar-refractivity contribution >= 4 is 22.6 Å². The van der Waals surface area contributed by atoms with Crippen molar-refractivity contribution in [2.24, 2.45) is 0 Å². The number of carbonyl (C=O) groups excluding carboxylic acids is 1. The summed E-state index contributed by atoms with van der Waals surface area (Å²) in [6.07, 6.45) is 5.20. The molecule has 2 fully saturated rings. The Kier molecular flexibility index (Phi) is 5.02. The molecule has 0 spiro atoms. The van der Waals surface area contributed by atoms with E-state index < -0.39 is 0 Å². The van der Waals surface area contributed by atoms with E-state index in [9.17, 15) is 4.79 Å². The monoisotopic (exact) mass is 353 g/mol. The summed E-state index contributed by atoms with van der Waals surface area (Å²) in [5.41, 5.74) is 1.66. The number of piperazine rings is 1. The highest BCUT2D eigenvalue weighted by atomic mass is 16.2. The third kappa shape index (κ3) is 3.38. The van der Waals surface area contributed by atoms with E-state index in [2.05, 4.69) is 26.7 Å². The van der Waals surface area contributed by atoms with Crippen molar-refractivity contribution in [1.29, 1.82) is 0 Å². The molecule has 1 amide bonds. The third-order valence-corrected chi connectivity index (χ3v) is 5.47. The molecule has 0 atom stereocenters. The van der Waals surface area contributed by atoms with Gasteiger partial charge >= 0.3 is 0 Å². The van der Waals surface area contributed by atoms with Crippen molar-refractivity contribution in [3.05, 3.63) is 30.1 Å². The zero-order chi connectivity index (χ0) is 17.9. The minimum absolute atomic E-state index is 0.124. The van der Waals surface area contributed by atoms with E-state index in [4.69, 9.17) is 0 Å². The average molecular weight is 353 g/mol. The number of aromatic nitrogens is 2. The van der Waals surface area contributed by atoms with E-state index in [-0.39, 0.29) is 5.91 Å². The van der Waals surface area contributed by atoms with E-state index in [0.29, 0.717) is 0 Å². The predicted octanol–water partition coefficient (Wildman–Crippen LogP) is 2.40. The molecule has 1 aromatic heterocycles. The second kappa shape index (κ2) is 7.58. The van der Waals surface area contributed by atoms with Crippen LogP contribution in [-0.4, -0.2) is 71.5 Å². The zero-order valence-electron chi connectivity index (χ0n) is 15.5. The largest absolute Gasteiger partial charge is 0.356 e. The minimum Gasteiger partial charge on any atom is -0.356 e. The van der Waals surface area contributed by atoms with Crippen LogP contribution in [0.1, 0.15) is 36.5 Å². The van der Waals surface area contributed by atoms with Crippen LogP contribution in [0.3, 0.4) is 0 Å². The molecule has 0 unspecified atom stereocenters. The van der Waals surface area contributed by atoms with Gasteiger partial charge in [0.15, 0.2) is 0 Å². The van der Waals surface area contributed by atoms with Crippen LogP contribution in [0.25, 0.3) is 10.9 Å². The molecule has 0 saturated carbocycles. The first-order chi connectivity index (χ1) is 12.8. The molecule has 2 saturated heterocycles. The van der Waals surface area contributed by atoms with Crippen LogP contribution < -0.4 is 4.90 Å². The molecule has 26 heavy (non-hydrogen) atoms. The molecule has 6 heteroatoms. The molecule has 1 aromatic carbocycles. The molecule has 2 aliphatic rings. The van der Waals surface area contributed by atoms with Gasteiger partial charge in [-0.15, -0.1) is 0 Å². The minimum atomic E-state index is 0.124. The molecular formula is C20H27N5O. The van der Waals surface area contributed by atoms with Crippen LogP contribution >= 0.6 is 0 Å². The maximum Gasteiger partial charge on any atom is 0.253 e. The predicted molar refractivity (Wildman–Crippen MR) is 104 cm³/mol. The molecule has 0 radical (unpaired) electrons. The van der Waals surface area contributed by atoms with Gasteiger partial charge in [-0.3, -0.25) is 9.69 Å². The topological polar surface area (TPSA) is 52.6 Å². The number of amides is 1. The van der Waals surface area contributed by atoms with Crippen LogP contribution in [0, 0.1) is 0 Å². The summed E-state index contributed by atoms with van der Waals surface area (Å²) in [5.74, 6) is 1.09. The molecular weight excluding hydrogens is 326 g/mol. The van der Waals surface area contributed by atoms with Crippen molar-refractivity contribution < 1.29 is 4.79 Å². The van der Waals surface area contributed by atoms with Crippen LogP contribution in [0.2, 0.25) is 0 Å². The van der Waals surface area contributed by atoms with Crippen molar-refractivity contribution in [3.8, 4) is 0 Å². The molecule has 3 heterocycles. The number of hydrogen-bond donors (Lipinski definition) is 0. The van der Waals surface area contributed by atoms with Crippen molar-refractivity contribution in [3.63, 3.8) is 0 Å². The number of benzene rings is 1. The van der Waals surface area contributed by atoms with Crippen LogP contribution in [0.15, 0.2) is 24.5 Å². The Morgan fingerprint density at radius 3 is 2.54 bits per heavy atom. The summed E-state index contributed by atoms with van der Waals surface area (Å²) in [4.78, 5) is 28.6. The number of carbonyl (C=O) groups is 1. The normalized spacial score (nSPS) is 18.7. The lowest BCUT2D eigenvalue weighted by molar-refractivity contribution is 0.0637. The first kappa shape index (κ1) is 17.2. The van der Waals surface area contributed by atoms with Gasteiger partial charge in [-0.1, -0.05) is 6.92 Å². The Morgan fingerprint density at radius 1 is 1.04 bits per heavy atom. The van der Waals surface area contributed by atoms with Crippen molar-refractivity contribution in [2.75, 3.05) is 50.7 Å². The molecule has 138 valence electrons. The fourth-order valence-electron chi connectivity index (χ4n) is 4.03. The average Bonchev–Trinajstić information content (AvgIpc) is 3.22. The lowest BCUT2D eigenvalue weighted by Gasteiger charge is -2.34. The summed E-state index contributed by atoms with van der Waals surface area (Å²) in [7, 11) is 0. The highest BCUT2D eigenvalue weighted by Crippen LogP contribution is 2.27. The summed E-state index contributed by atoms with van der Waals surface area (Å²) in [5, 5.41) is 0.991. The van der Waals surface area contributed by atoms with Crippen LogP contribution in [0.4, 0.5) is 5.82 Å². The lowest BCUT2D eigenvalue weighted by atomic mass is 10.1. The highest BCUT2D eigenvalue weighted by Gasteiger charge is 2.23. The lowest BCUT2D eigenvalue weighted by Crippen LogP contribution is -2.48. The van der Waals surface area contributed by atoms with E-state index in [1.54, 1.807) is 6.33 Å². The maximum atomic E-state index is 13.0. The summed E-state index contributed by atoms with van der Waals surface area (Å²) in [6.45, 7) is 8.93. The number of anilines is 1. The fourth-order valence-corrected chi connectivity index (χ4v) is 4.03. The summed E-state index contributed by atoms with van der Waals surface area (Å²) >= 11 is 0. The smallest absolute Gasteiger partial charge is 0.253 e.